The van der Waals surface area contributed by atoms with Crippen molar-refractivity contribution in [1.82, 2.24) is 15.5 Å². The molecule has 0 saturated carbocycles. The molecule has 0 aliphatic carbocycles. The average Bonchev–Trinajstić information content (AvgIpc) is 2.65. The van der Waals surface area contributed by atoms with Crippen LogP contribution >= 0.6 is 0 Å². The van der Waals surface area contributed by atoms with Crippen molar-refractivity contribution in [1.29, 1.82) is 0 Å². The third-order valence-electron chi connectivity index (χ3n) is 3.26. The number of hydrogen-bond donors (Lipinski definition) is 2. The summed E-state index contributed by atoms with van der Waals surface area (Å²) in [6, 6.07) is 0. The molecule has 0 aromatic carbocycles. The van der Waals surface area contributed by atoms with Gasteiger partial charge in [-0.25, -0.2) is 0 Å². The first-order valence-corrected chi connectivity index (χ1v) is 5.49. The summed E-state index contributed by atoms with van der Waals surface area (Å²) in [7, 11) is 0. The van der Waals surface area contributed by atoms with Crippen LogP contribution in [0.4, 0.5) is 0 Å². The predicted octanol–water partition coefficient (Wildman–Crippen LogP) is -0.726. The fourth-order valence-corrected chi connectivity index (χ4v) is 2.26. The summed E-state index contributed by atoms with van der Waals surface area (Å²) < 4.78 is 0. The summed E-state index contributed by atoms with van der Waals surface area (Å²) in [5, 5.41) is 6.54. The number of hydrogen-bond acceptors (Lipinski definition) is 3. The van der Waals surface area contributed by atoms with Gasteiger partial charge >= 0.3 is 0 Å². The maximum atomic E-state index is 12.1. The number of nitrogens with zero attached hydrogens (tertiary/aromatic N) is 1. The zero-order chi connectivity index (χ0) is 9.97. The first-order chi connectivity index (χ1) is 6.79. The Morgan fingerprint density at radius 1 is 1.21 bits per heavy atom. The van der Waals surface area contributed by atoms with Crippen LogP contribution in [0.3, 0.4) is 0 Å². The summed E-state index contributed by atoms with van der Waals surface area (Å²) in [5.41, 5.74) is 0. The molecule has 0 bridgehead atoms. The molecule has 2 fully saturated rings. The van der Waals surface area contributed by atoms with Gasteiger partial charge in [0, 0.05) is 32.7 Å². The quantitative estimate of drug-likeness (QED) is 0.583. The number of rotatable bonds is 1. The highest BCUT2D eigenvalue weighted by Crippen LogP contribution is 2.18. The zero-order valence-corrected chi connectivity index (χ0v) is 8.75. The number of nitrogens with one attached hydrogen (secondary N) is 2. The molecule has 4 heteroatoms. The van der Waals surface area contributed by atoms with Crippen LogP contribution in [-0.2, 0) is 4.79 Å². The summed E-state index contributed by atoms with van der Waals surface area (Å²) >= 11 is 0. The van der Waals surface area contributed by atoms with E-state index in [-0.39, 0.29) is 5.92 Å². The Morgan fingerprint density at radius 2 is 1.93 bits per heavy atom. The van der Waals surface area contributed by atoms with Crippen LogP contribution in [0.5, 0.6) is 0 Å². The van der Waals surface area contributed by atoms with Crippen molar-refractivity contribution in [3.8, 4) is 0 Å². The molecule has 2 aliphatic heterocycles. The molecule has 2 rings (SSSR count). The Hall–Kier alpha value is -0.610. The zero-order valence-electron chi connectivity index (χ0n) is 8.75. The van der Waals surface area contributed by atoms with Crippen LogP contribution in [0.25, 0.3) is 0 Å². The molecule has 4 nitrogen and oxygen atoms in total. The molecule has 14 heavy (non-hydrogen) atoms. The first kappa shape index (κ1) is 9.93. The van der Waals surface area contributed by atoms with Gasteiger partial charge in [-0.05, 0) is 12.5 Å². The highest BCUT2D eigenvalue weighted by molar-refractivity contribution is 5.79. The third kappa shape index (κ3) is 1.91. The lowest BCUT2D eigenvalue weighted by Crippen LogP contribution is -2.49. The molecular weight excluding hydrogens is 178 g/mol. The summed E-state index contributed by atoms with van der Waals surface area (Å²) in [6.07, 6.45) is 0. The monoisotopic (exact) mass is 197 g/mol. The van der Waals surface area contributed by atoms with Gasteiger partial charge in [-0.15, -0.1) is 0 Å². The van der Waals surface area contributed by atoms with Crippen molar-refractivity contribution in [2.24, 2.45) is 11.8 Å². The lowest BCUT2D eigenvalue weighted by atomic mass is 9.96. The minimum Gasteiger partial charge on any atom is -0.340 e. The Bertz CT molecular complexity index is 213. The lowest BCUT2D eigenvalue weighted by Gasteiger charge is -2.30. The summed E-state index contributed by atoms with van der Waals surface area (Å²) in [5.74, 6) is 1.06. The maximum absolute atomic E-state index is 12.1. The molecular formula is C10H19N3O. The van der Waals surface area contributed by atoms with Crippen molar-refractivity contribution in [2.75, 3.05) is 39.3 Å². The van der Waals surface area contributed by atoms with Crippen LogP contribution in [0.2, 0.25) is 0 Å². The number of carbonyl (C=O) groups is 1. The van der Waals surface area contributed by atoms with E-state index in [4.69, 9.17) is 0 Å². The van der Waals surface area contributed by atoms with E-state index in [0.717, 1.165) is 39.3 Å². The van der Waals surface area contributed by atoms with E-state index < -0.39 is 0 Å². The van der Waals surface area contributed by atoms with Crippen molar-refractivity contribution in [3.63, 3.8) is 0 Å². The molecule has 0 aromatic heterocycles. The number of piperazine rings is 1. The van der Waals surface area contributed by atoms with Crippen molar-refractivity contribution >= 4 is 5.91 Å². The van der Waals surface area contributed by atoms with E-state index in [0.29, 0.717) is 11.8 Å². The van der Waals surface area contributed by atoms with Crippen molar-refractivity contribution in [2.45, 2.75) is 6.92 Å². The van der Waals surface area contributed by atoms with Crippen LogP contribution in [0, 0.1) is 11.8 Å². The second-order valence-electron chi connectivity index (χ2n) is 4.32. The minimum absolute atomic E-state index is 0.216. The number of carbonyl (C=O) groups excluding carboxylic acids is 1. The second kappa shape index (κ2) is 4.28. The molecule has 2 heterocycles. The van der Waals surface area contributed by atoms with E-state index in [1.165, 1.54) is 0 Å². The van der Waals surface area contributed by atoms with Gasteiger partial charge in [0.15, 0.2) is 0 Å². The molecule has 0 spiro atoms. The van der Waals surface area contributed by atoms with E-state index in [9.17, 15) is 4.79 Å². The molecule has 0 radical (unpaired) electrons. The fourth-order valence-electron chi connectivity index (χ4n) is 2.26. The molecule has 0 aromatic rings. The van der Waals surface area contributed by atoms with Crippen LogP contribution in [0.1, 0.15) is 6.92 Å². The molecule has 2 atom stereocenters. The van der Waals surface area contributed by atoms with Crippen LogP contribution in [-0.4, -0.2) is 50.1 Å². The van der Waals surface area contributed by atoms with E-state index in [1.54, 1.807) is 0 Å². The van der Waals surface area contributed by atoms with Gasteiger partial charge in [0.1, 0.15) is 0 Å². The Labute approximate surface area is 85.0 Å². The van der Waals surface area contributed by atoms with Gasteiger partial charge in [0.05, 0.1) is 5.92 Å². The summed E-state index contributed by atoms with van der Waals surface area (Å²) in [4.78, 5) is 14.1. The third-order valence-corrected chi connectivity index (χ3v) is 3.26. The van der Waals surface area contributed by atoms with Gasteiger partial charge in [-0.2, -0.15) is 0 Å². The largest absolute Gasteiger partial charge is 0.340 e. The highest BCUT2D eigenvalue weighted by atomic mass is 16.2. The van der Waals surface area contributed by atoms with Crippen molar-refractivity contribution in [3.05, 3.63) is 0 Å². The van der Waals surface area contributed by atoms with E-state index >= 15 is 0 Å². The predicted molar refractivity (Wildman–Crippen MR) is 55.0 cm³/mol. The molecule has 80 valence electrons. The molecule has 2 saturated heterocycles. The molecule has 1 amide bonds. The fraction of sp³-hybridized carbons (Fsp3) is 0.900. The summed E-state index contributed by atoms with van der Waals surface area (Å²) in [6.45, 7) is 7.65. The Morgan fingerprint density at radius 3 is 2.50 bits per heavy atom. The lowest BCUT2D eigenvalue weighted by molar-refractivity contribution is -0.136. The van der Waals surface area contributed by atoms with Gasteiger partial charge in [0.25, 0.3) is 0 Å². The SMILES string of the molecule is CC1CNCC1C(=O)N1CCNCC1. The van der Waals surface area contributed by atoms with E-state index in [1.807, 2.05) is 4.90 Å². The first-order valence-electron chi connectivity index (χ1n) is 5.49. The Kier molecular flexibility index (Phi) is 3.03. The Balaban J connectivity index is 1.92. The highest BCUT2D eigenvalue weighted by Gasteiger charge is 2.32. The van der Waals surface area contributed by atoms with Gasteiger partial charge in [0.2, 0.25) is 5.91 Å². The smallest absolute Gasteiger partial charge is 0.227 e. The van der Waals surface area contributed by atoms with Gasteiger partial charge < -0.3 is 15.5 Å². The van der Waals surface area contributed by atoms with Gasteiger partial charge in [-0.3, -0.25) is 4.79 Å². The second-order valence-corrected chi connectivity index (χ2v) is 4.32. The maximum Gasteiger partial charge on any atom is 0.227 e. The number of amides is 1. The topological polar surface area (TPSA) is 44.4 Å². The van der Waals surface area contributed by atoms with Crippen LogP contribution in [0.15, 0.2) is 0 Å². The standard InChI is InChI=1S/C10H19N3O/c1-8-6-12-7-9(8)10(14)13-4-2-11-3-5-13/h8-9,11-12H,2-7H2,1H3. The van der Waals surface area contributed by atoms with Gasteiger partial charge in [-0.1, -0.05) is 6.92 Å². The minimum atomic E-state index is 0.216. The molecule has 2 unspecified atom stereocenters. The van der Waals surface area contributed by atoms with Crippen LogP contribution < -0.4 is 10.6 Å². The average molecular weight is 197 g/mol. The van der Waals surface area contributed by atoms with Crippen molar-refractivity contribution < 1.29 is 4.79 Å². The molecule has 2 aliphatic rings. The normalized spacial score (nSPS) is 33.4. The molecule has 2 N–H and O–H groups in total. The van der Waals surface area contributed by atoms with E-state index in [2.05, 4.69) is 17.6 Å².